The van der Waals surface area contributed by atoms with Gasteiger partial charge in [0.2, 0.25) is 0 Å². The first-order valence-electron chi connectivity index (χ1n) is 11.0. The van der Waals surface area contributed by atoms with Crippen LogP contribution in [-0.4, -0.2) is 54.4 Å². The van der Waals surface area contributed by atoms with Crippen LogP contribution in [0.2, 0.25) is 0 Å². The molecule has 2 amide bonds. The largest absolute Gasteiger partial charge is 0.480 e. The topological polar surface area (TPSA) is 127 Å². The number of aliphatic carboxylic acids is 1. The minimum absolute atomic E-state index is 0.0418. The van der Waals surface area contributed by atoms with Gasteiger partial charge in [-0.3, -0.25) is 4.79 Å². The van der Waals surface area contributed by atoms with Crippen molar-refractivity contribution in [3.63, 3.8) is 0 Å². The zero-order valence-electron chi connectivity index (χ0n) is 19.2. The highest BCUT2D eigenvalue weighted by Crippen LogP contribution is 2.44. The Kier molecular flexibility index (Phi) is 7.42. The van der Waals surface area contributed by atoms with Crippen LogP contribution in [0.5, 0.6) is 0 Å². The molecule has 1 atom stereocenters. The van der Waals surface area contributed by atoms with Crippen LogP contribution in [0.15, 0.2) is 48.5 Å². The second-order valence-corrected chi connectivity index (χ2v) is 9.30. The molecule has 3 N–H and O–H groups in total. The average Bonchev–Trinajstić information content (AvgIpc) is 3.38. The number of ether oxygens (including phenoxy) is 2. The zero-order chi connectivity index (χ0) is 24.9. The molecule has 0 aliphatic heterocycles. The SMILES string of the molecule is COCC(NC(=O)c1nc(CNC(=O)OCC2c3ccccc3-c3ccccc32)sc1C)C(=O)O. The standard InChI is InChI=1S/C25H25N3O6S/c1-14-22(23(29)27-20(13-33-2)24(30)31)28-21(35-14)11-26-25(32)34-12-19-17-9-5-3-7-15(17)16-8-4-6-10-18(16)19/h3-10,19-20H,11-13H2,1-2H3,(H,26,32)(H,27,29)(H,30,31). The van der Waals surface area contributed by atoms with Crippen molar-refractivity contribution in [2.24, 2.45) is 0 Å². The van der Waals surface area contributed by atoms with Gasteiger partial charge in [0, 0.05) is 17.9 Å². The van der Waals surface area contributed by atoms with E-state index in [1.54, 1.807) is 6.92 Å². The molecule has 35 heavy (non-hydrogen) atoms. The van der Waals surface area contributed by atoms with Crippen molar-refractivity contribution < 1.29 is 29.0 Å². The third-order valence-corrected chi connectivity index (χ3v) is 6.69. The van der Waals surface area contributed by atoms with Crippen molar-refractivity contribution in [1.82, 2.24) is 15.6 Å². The number of hydrogen-bond acceptors (Lipinski definition) is 7. The van der Waals surface area contributed by atoms with E-state index < -0.39 is 24.0 Å². The van der Waals surface area contributed by atoms with Crippen LogP contribution >= 0.6 is 11.3 Å². The number of alkyl carbamates (subject to hydrolysis) is 1. The Hall–Kier alpha value is -3.76. The molecule has 0 radical (unpaired) electrons. The first-order chi connectivity index (χ1) is 16.9. The molecule has 0 fully saturated rings. The lowest BCUT2D eigenvalue weighted by Crippen LogP contribution is -2.44. The van der Waals surface area contributed by atoms with Gasteiger partial charge >= 0.3 is 12.1 Å². The van der Waals surface area contributed by atoms with Gasteiger partial charge in [-0.15, -0.1) is 11.3 Å². The van der Waals surface area contributed by atoms with Crippen LogP contribution in [0.1, 0.15) is 37.4 Å². The summed E-state index contributed by atoms with van der Waals surface area (Å²) in [5.41, 5.74) is 4.66. The Morgan fingerprint density at radius 3 is 2.31 bits per heavy atom. The minimum atomic E-state index is -1.20. The summed E-state index contributed by atoms with van der Waals surface area (Å²) in [5.74, 6) is -1.86. The van der Waals surface area contributed by atoms with Gasteiger partial charge in [0.25, 0.3) is 5.91 Å². The molecule has 1 aromatic heterocycles. The van der Waals surface area contributed by atoms with Crippen LogP contribution in [0.4, 0.5) is 4.79 Å². The second kappa shape index (κ2) is 10.7. The maximum absolute atomic E-state index is 12.5. The Morgan fingerprint density at radius 2 is 1.71 bits per heavy atom. The number of rotatable bonds is 9. The van der Waals surface area contributed by atoms with Gasteiger partial charge in [0.05, 0.1) is 13.2 Å². The van der Waals surface area contributed by atoms with Crippen molar-refractivity contribution in [3.05, 3.63) is 75.2 Å². The minimum Gasteiger partial charge on any atom is -0.480 e. The first-order valence-corrected chi connectivity index (χ1v) is 11.8. The van der Waals surface area contributed by atoms with Crippen molar-refractivity contribution in [2.75, 3.05) is 20.3 Å². The predicted molar refractivity (Wildman–Crippen MR) is 130 cm³/mol. The van der Waals surface area contributed by atoms with Crippen LogP contribution in [0.25, 0.3) is 11.1 Å². The summed E-state index contributed by atoms with van der Waals surface area (Å²) >= 11 is 1.24. The molecule has 1 aliphatic carbocycles. The second-order valence-electron chi connectivity index (χ2n) is 8.01. The molecule has 10 heteroatoms. The molecular weight excluding hydrogens is 470 g/mol. The molecule has 1 unspecified atom stereocenters. The van der Waals surface area contributed by atoms with Gasteiger partial charge in [0.1, 0.15) is 17.3 Å². The number of benzene rings is 2. The molecule has 0 saturated carbocycles. The van der Waals surface area contributed by atoms with E-state index >= 15 is 0 Å². The van der Waals surface area contributed by atoms with Gasteiger partial charge in [-0.1, -0.05) is 48.5 Å². The number of nitrogens with zero attached hydrogens (tertiary/aromatic N) is 1. The summed E-state index contributed by atoms with van der Waals surface area (Å²) < 4.78 is 10.3. The lowest BCUT2D eigenvalue weighted by atomic mass is 9.98. The summed E-state index contributed by atoms with van der Waals surface area (Å²) in [6.45, 7) is 1.81. The smallest absolute Gasteiger partial charge is 0.407 e. The molecular formula is C25H25N3O6S. The van der Waals surface area contributed by atoms with Gasteiger partial charge in [-0.2, -0.15) is 0 Å². The van der Waals surface area contributed by atoms with E-state index in [4.69, 9.17) is 9.47 Å². The zero-order valence-corrected chi connectivity index (χ0v) is 20.1. The van der Waals surface area contributed by atoms with Crippen molar-refractivity contribution in [3.8, 4) is 11.1 Å². The number of thiazole rings is 1. The lowest BCUT2D eigenvalue weighted by molar-refractivity contribution is -0.140. The van der Waals surface area contributed by atoms with E-state index in [2.05, 4.69) is 27.8 Å². The van der Waals surface area contributed by atoms with E-state index in [1.807, 2.05) is 36.4 Å². The average molecular weight is 496 g/mol. The fourth-order valence-corrected chi connectivity index (χ4v) is 4.97. The van der Waals surface area contributed by atoms with E-state index in [0.29, 0.717) is 9.88 Å². The maximum atomic E-state index is 12.5. The van der Waals surface area contributed by atoms with Crippen molar-refractivity contribution in [2.45, 2.75) is 25.4 Å². The molecule has 182 valence electrons. The number of fused-ring (bicyclic) bond motifs is 3. The maximum Gasteiger partial charge on any atom is 0.407 e. The highest BCUT2D eigenvalue weighted by molar-refractivity contribution is 7.11. The number of carbonyl (C=O) groups is 3. The molecule has 0 saturated heterocycles. The van der Waals surface area contributed by atoms with Crippen molar-refractivity contribution >= 4 is 29.3 Å². The first kappa shape index (κ1) is 24.4. The van der Waals surface area contributed by atoms with E-state index in [-0.39, 0.29) is 31.4 Å². The summed E-state index contributed by atoms with van der Waals surface area (Å²) in [7, 11) is 1.35. The van der Waals surface area contributed by atoms with Crippen LogP contribution in [0, 0.1) is 6.92 Å². The molecule has 0 spiro atoms. The molecule has 1 heterocycles. The third kappa shape index (κ3) is 5.33. The van der Waals surface area contributed by atoms with Gasteiger partial charge in [0.15, 0.2) is 6.04 Å². The highest BCUT2D eigenvalue weighted by Gasteiger charge is 2.29. The van der Waals surface area contributed by atoms with E-state index in [9.17, 15) is 19.5 Å². The monoisotopic (exact) mass is 495 g/mol. The van der Waals surface area contributed by atoms with Crippen LogP contribution < -0.4 is 10.6 Å². The normalized spacial score (nSPS) is 13.0. The fourth-order valence-electron chi connectivity index (χ4n) is 4.10. The van der Waals surface area contributed by atoms with Crippen molar-refractivity contribution in [1.29, 1.82) is 0 Å². The molecule has 0 bridgehead atoms. The van der Waals surface area contributed by atoms with Gasteiger partial charge in [-0.25, -0.2) is 14.6 Å². The molecule has 1 aliphatic rings. The Bertz CT molecular complexity index is 1210. The summed E-state index contributed by atoms with van der Waals surface area (Å²) in [6.07, 6.45) is -0.586. The Morgan fingerprint density at radius 1 is 1.09 bits per heavy atom. The van der Waals surface area contributed by atoms with Crippen LogP contribution in [-0.2, 0) is 20.8 Å². The molecule has 9 nitrogen and oxygen atoms in total. The lowest BCUT2D eigenvalue weighted by Gasteiger charge is -2.14. The summed E-state index contributed by atoms with van der Waals surface area (Å²) in [4.78, 5) is 41.0. The number of hydrogen-bond donors (Lipinski definition) is 3. The number of carboxylic acid groups (broad SMARTS) is 1. The number of nitrogens with one attached hydrogen (secondary N) is 2. The van der Waals surface area contributed by atoms with E-state index in [0.717, 1.165) is 22.3 Å². The number of methoxy groups -OCH3 is 1. The summed E-state index contributed by atoms with van der Waals surface area (Å²) in [5, 5.41) is 14.7. The number of amides is 2. The fraction of sp³-hybridized carbons (Fsp3) is 0.280. The predicted octanol–water partition coefficient (Wildman–Crippen LogP) is 3.32. The van der Waals surface area contributed by atoms with Gasteiger partial charge in [-0.05, 0) is 29.2 Å². The quantitative estimate of drug-likeness (QED) is 0.416. The van der Waals surface area contributed by atoms with E-state index in [1.165, 1.54) is 18.4 Å². The third-order valence-electron chi connectivity index (χ3n) is 5.72. The Balaban J connectivity index is 1.34. The number of aryl methyl sites for hydroxylation is 1. The highest BCUT2D eigenvalue weighted by atomic mass is 32.1. The summed E-state index contributed by atoms with van der Waals surface area (Å²) in [6, 6.07) is 15.0. The van der Waals surface area contributed by atoms with Crippen LogP contribution in [0.3, 0.4) is 0 Å². The number of carboxylic acids is 1. The number of aromatic nitrogens is 1. The number of carbonyl (C=O) groups excluding carboxylic acids is 2. The van der Waals surface area contributed by atoms with Gasteiger partial charge < -0.3 is 25.2 Å². The Labute approximate surface area is 206 Å². The molecule has 3 aromatic rings. The molecule has 2 aromatic carbocycles. The molecule has 4 rings (SSSR count).